The molecule has 0 spiro atoms. The minimum Gasteiger partial charge on any atom is -0.507 e. The van der Waals surface area contributed by atoms with Crippen molar-refractivity contribution in [1.29, 1.82) is 0 Å². The van der Waals surface area contributed by atoms with Crippen LogP contribution in [0.2, 0.25) is 0 Å². The highest BCUT2D eigenvalue weighted by Gasteiger charge is 2.17. The number of aromatic hydroxyl groups is 1. The van der Waals surface area contributed by atoms with Crippen molar-refractivity contribution < 1.29 is 19.7 Å². The van der Waals surface area contributed by atoms with Crippen molar-refractivity contribution in [3.63, 3.8) is 0 Å². The SMILES string of the molecule is CCn1cc(C(=O)O)c(=O)c2c(O)cc(OC)cc21. The van der Waals surface area contributed by atoms with E-state index in [4.69, 9.17) is 9.84 Å². The first-order chi connectivity index (χ1) is 8.99. The molecule has 1 aromatic heterocycles. The van der Waals surface area contributed by atoms with Gasteiger partial charge in [-0.2, -0.15) is 0 Å². The molecule has 0 amide bonds. The molecule has 6 nitrogen and oxygen atoms in total. The number of aromatic nitrogens is 1. The first-order valence-electron chi connectivity index (χ1n) is 5.67. The molecule has 19 heavy (non-hydrogen) atoms. The Morgan fingerprint density at radius 3 is 2.63 bits per heavy atom. The van der Waals surface area contributed by atoms with E-state index in [0.717, 1.165) is 0 Å². The first kappa shape index (κ1) is 12.9. The fourth-order valence-corrected chi connectivity index (χ4v) is 2.00. The second-order valence-corrected chi connectivity index (χ2v) is 4.00. The Morgan fingerprint density at radius 1 is 1.42 bits per heavy atom. The fraction of sp³-hybridized carbons (Fsp3) is 0.231. The number of benzene rings is 1. The molecule has 0 aliphatic heterocycles. The molecular formula is C13H13NO5. The van der Waals surface area contributed by atoms with Gasteiger partial charge in [0.05, 0.1) is 18.0 Å². The minimum absolute atomic E-state index is 0.0115. The highest BCUT2D eigenvalue weighted by Crippen LogP contribution is 2.28. The lowest BCUT2D eigenvalue weighted by Crippen LogP contribution is -2.18. The van der Waals surface area contributed by atoms with E-state index >= 15 is 0 Å². The number of hydrogen-bond acceptors (Lipinski definition) is 4. The summed E-state index contributed by atoms with van der Waals surface area (Å²) in [5.74, 6) is -1.20. The number of carbonyl (C=O) groups is 1. The Bertz CT molecular complexity index is 717. The number of carboxylic acid groups (broad SMARTS) is 1. The van der Waals surface area contributed by atoms with Gasteiger partial charge in [-0.1, -0.05) is 0 Å². The maximum Gasteiger partial charge on any atom is 0.341 e. The lowest BCUT2D eigenvalue weighted by Gasteiger charge is -2.12. The van der Waals surface area contributed by atoms with Gasteiger partial charge in [-0.3, -0.25) is 4.79 Å². The highest BCUT2D eigenvalue weighted by atomic mass is 16.5. The zero-order chi connectivity index (χ0) is 14.2. The number of hydrogen-bond donors (Lipinski definition) is 2. The van der Waals surface area contributed by atoms with E-state index in [2.05, 4.69) is 0 Å². The van der Waals surface area contributed by atoms with Crippen molar-refractivity contribution in [2.24, 2.45) is 0 Å². The predicted molar refractivity (Wildman–Crippen MR) is 69.1 cm³/mol. The summed E-state index contributed by atoms with van der Waals surface area (Å²) >= 11 is 0. The van der Waals surface area contributed by atoms with Crippen molar-refractivity contribution in [2.75, 3.05) is 7.11 Å². The van der Waals surface area contributed by atoms with Crippen molar-refractivity contribution in [1.82, 2.24) is 4.57 Å². The van der Waals surface area contributed by atoms with Gasteiger partial charge < -0.3 is 19.5 Å². The second kappa shape index (κ2) is 4.64. The topological polar surface area (TPSA) is 88.8 Å². The summed E-state index contributed by atoms with van der Waals surface area (Å²) in [6, 6.07) is 2.88. The fourth-order valence-electron chi connectivity index (χ4n) is 2.00. The molecule has 0 saturated carbocycles. The summed E-state index contributed by atoms with van der Waals surface area (Å²) in [5, 5.41) is 18.9. The molecule has 2 rings (SSSR count). The van der Waals surface area contributed by atoms with Gasteiger partial charge in [-0.15, -0.1) is 0 Å². The Kier molecular flexibility index (Phi) is 3.16. The van der Waals surface area contributed by atoms with E-state index in [1.165, 1.54) is 19.4 Å². The zero-order valence-corrected chi connectivity index (χ0v) is 10.5. The van der Waals surface area contributed by atoms with E-state index in [9.17, 15) is 14.7 Å². The smallest absolute Gasteiger partial charge is 0.341 e. The van der Waals surface area contributed by atoms with Gasteiger partial charge in [-0.05, 0) is 6.92 Å². The molecule has 0 aliphatic rings. The van der Waals surface area contributed by atoms with Gasteiger partial charge in [0.15, 0.2) is 0 Å². The largest absolute Gasteiger partial charge is 0.507 e. The standard InChI is InChI=1S/C13H13NO5/c1-3-14-6-8(13(17)18)12(16)11-9(14)4-7(19-2)5-10(11)15/h4-6,15H,3H2,1-2H3,(H,17,18). The summed E-state index contributed by atoms with van der Waals surface area (Å²) in [6.45, 7) is 2.27. The molecule has 100 valence electrons. The zero-order valence-electron chi connectivity index (χ0n) is 10.5. The second-order valence-electron chi connectivity index (χ2n) is 4.00. The van der Waals surface area contributed by atoms with Crippen LogP contribution in [0.25, 0.3) is 10.9 Å². The summed E-state index contributed by atoms with van der Waals surface area (Å²) in [4.78, 5) is 23.1. The number of fused-ring (bicyclic) bond motifs is 1. The number of phenolic OH excluding ortho intramolecular Hbond substituents is 1. The highest BCUT2D eigenvalue weighted by molar-refractivity contribution is 5.95. The summed E-state index contributed by atoms with van der Waals surface area (Å²) in [7, 11) is 1.45. The van der Waals surface area contributed by atoms with Crippen LogP contribution in [-0.2, 0) is 6.54 Å². The monoisotopic (exact) mass is 263 g/mol. The first-order valence-corrected chi connectivity index (χ1v) is 5.67. The molecule has 0 unspecified atom stereocenters. The van der Waals surface area contributed by atoms with E-state index < -0.39 is 11.4 Å². The van der Waals surface area contributed by atoms with Gasteiger partial charge in [0.1, 0.15) is 17.1 Å². The third-order valence-electron chi connectivity index (χ3n) is 2.94. The Morgan fingerprint density at radius 2 is 2.11 bits per heavy atom. The molecule has 0 saturated heterocycles. The normalized spacial score (nSPS) is 10.6. The van der Waals surface area contributed by atoms with Crippen LogP contribution in [0.5, 0.6) is 11.5 Å². The Hall–Kier alpha value is -2.50. The molecule has 1 aromatic carbocycles. The van der Waals surface area contributed by atoms with Crippen LogP contribution < -0.4 is 10.2 Å². The number of rotatable bonds is 3. The third-order valence-corrected chi connectivity index (χ3v) is 2.94. The summed E-state index contributed by atoms with van der Waals surface area (Å²) in [5.41, 5.74) is -0.628. The van der Waals surface area contributed by atoms with E-state index in [1.807, 2.05) is 6.92 Å². The molecular weight excluding hydrogens is 250 g/mol. The van der Waals surface area contributed by atoms with E-state index in [0.29, 0.717) is 17.8 Å². The Balaban J connectivity index is 2.99. The van der Waals surface area contributed by atoms with Gasteiger partial charge in [0.2, 0.25) is 5.43 Å². The average molecular weight is 263 g/mol. The molecule has 2 aromatic rings. The number of nitrogens with zero attached hydrogens (tertiary/aromatic N) is 1. The molecule has 0 fully saturated rings. The third kappa shape index (κ3) is 2.01. The van der Waals surface area contributed by atoms with Crippen LogP contribution in [-0.4, -0.2) is 27.9 Å². The lowest BCUT2D eigenvalue weighted by atomic mass is 10.1. The molecule has 0 atom stereocenters. The number of ether oxygens (including phenoxy) is 1. The van der Waals surface area contributed by atoms with Crippen molar-refractivity contribution in [3.05, 3.63) is 34.1 Å². The van der Waals surface area contributed by atoms with Crippen molar-refractivity contribution in [3.8, 4) is 11.5 Å². The average Bonchev–Trinajstić information content (AvgIpc) is 2.38. The number of phenols is 1. The maximum absolute atomic E-state index is 12.1. The molecule has 1 heterocycles. The van der Waals surface area contributed by atoms with Gasteiger partial charge in [0, 0.05) is 24.9 Å². The van der Waals surface area contributed by atoms with Crippen molar-refractivity contribution >= 4 is 16.9 Å². The van der Waals surface area contributed by atoms with Crippen LogP contribution in [0.3, 0.4) is 0 Å². The van der Waals surface area contributed by atoms with E-state index in [1.54, 1.807) is 10.6 Å². The van der Waals surface area contributed by atoms with Crippen LogP contribution in [0.1, 0.15) is 17.3 Å². The number of aromatic carboxylic acids is 1. The predicted octanol–water partition coefficient (Wildman–Crippen LogP) is 1.43. The van der Waals surface area contributed by atoms with Crippen LogP contribution in [0.4, 0.5) is 0 Å². The maximum atomic E-state index is 12.1. The molecule has 0 bridgehead atoms. The van der Waals surface area contributed by atoms with Gasteiger partial charge in [0.25, 0.3) is 0 Å². The van der Waals surface area contributed by atoms with Crippen LogP contribution in [0, 0.1) is 0 Å². The molecule has 2 N–H and O–H groups in total. The summed E-state index contributed by atoms with van der Waals surface area (Å²) < 4.78 is 6.61. The number of pyridine rings is 1. The lowest BCUT2D eigenvalue weighted by molar-refractivity contribution is 0.0695. The quantitative estimate of drug-likeness (QED) is 0.874. The minimum atomic E-state index is -1.32. The Labute approximate surface area is 108 Å². The van der Waals surface area contributed by atoms with Gasteiger partial charge >= 0.3 is 5.97 Å². The molecule has 0 radical (unpaired) electrons. The van der Waals surface area contributed by atoms with Crippen LogP contribution in [0.15, 0.2) is 23.1 Å². The van der Waals surface area contributed by atoms with Crippen molar-refractivity contribution in [2.45, 2.75) is 13.5 Å². The number of aryl methyl sites for hydroxylation is 1. The van der Waals surface area contributed by atoms with Gasteiger partial charge in [-0.25, -0.2) is 4.79 Å². The number of methoxy groups -OCH3 is 1. The molecule has 6 heteroatoms. The van der Waals surface area contributed by atoms with E-state index in [-0.39, 0.29) is 16.7 Å². The molecule has 0 aliphatic carbocycles. The number of carboxylic acids is 1. The van der Waals surface area contributed by atoms with Crippen LogP contribution >= 0.6 is 0 Å². The summed E-state index contributed by atoms with van der Waals surface area (Å²) in [6.07, 6.45) is 1.27.